The van der Waals surface area contributed by atoms with Crippen LogP contribution in [0.2, 0.25) is 0 Å². The van der Waals surface area contributed by atoms with Crippen LogP contribution in [-0.2, 0) is 4.84 Å². The van der Waals surface area contributed by atoms with E-state index < -0.39 is 29.2 Å². The highest BCUT2D eigenvalue weighted by atomic mass is 19.1. The van der Waals surface area contributed by atoms with Gasteiger partial charge < -0.3 is 4.84 Å². The van der Waals surface area contributed by atoms with Crippen LogP contribution in [0.5, 0.6) is 0 Å². The quantitative estimate of drug-likeness (QED) is 0.783. The minimum atomic E-state index is -1.15. The monoisotopic (exact) mass is 286 g/mol. The molecular weight excluding hydrogens is 279 g/mol. The summed E-state index contributed by atoms with van der Waals surface area (Å²) < 4.78 is 13.4. The summed E-state index contributed by atoms with van der Waals surface area (Å²) in [6.45, 7) is 0. The molecule has 21 heavy (non-hydrogen) atoms. The number of carbonyl (C=O) groups is 3. The molecule has 0 aliphatic carbocycles. The molecule has 1 aromatic carbocycles. The zero-order valence-electron chi connectivity index (χ0n) is 10.4. The van der Waals surface area contributed by atoms with E-state index in [4.69, 9.17) is 4.84 Å². The number of imide groups is 1. The molecule has 0 saturated heterocycles. The molecule has 0 spiro atoms. The lowest BCUT2D eigenvalue weighted by atomic mass is 10.1. The number of hydrogen-bond donors (Lipinski definition) is 0. The lowest BCUT2D eigenvalue weighted by Crippen LogP contribution is -2.33. The van der Waals surface area contributed by atoms with Gasteiger partial charge in [-0.25, -0.2) is 9.18 Å². The van der Waals surface area contributed by atoms with Crippen molar-refractivity contribution >= 4 is 17.8 Å². The van der Waals surface area contributed by atoms with Gasteiger partial charge in [-0.1, -0.05) is 17.2 Å². The molecule has 104 valence electrons. The Morgan fingerprint density at radius 1 is 1.10 bits per heavy atom. The molecule has 0 radical (unpaired) electrons. The van der Waals surface area contributed by atoms with Crippen LogP contribution in [0.3, 0.4) is 0 Å². The largest absolute Gasteiger partial charge is 0.367 e. The minimum Gasteiger partial charge on any atom is -0.324 e. The first-order chi connectivity index (χ1) is 10.1. The number of aromatic nitrogens is 1. The van der Waals surface area contributed by atoms with Crippen molar-refractivity contribution in [3.05, 3.63) is 65.2 Å². The van der Waals surface area contributed by atoms with Crippen LogP contribution >= 0.6 is 0 Å². The Kier molecular flexibility index (Phi) is 2.94. The second kappa shape index (κ2) is 4.78. The molecule has 0 N–H and O–H groups in total. The van der Waals surface area contributed by atoms with Crippen molar-refractivity contribution in [2.24, 2.45) is 0 Å². The fourth-order valence-corrected chi connectivity index (χ4v) is 1.92. The summed E-state index contributed by atoms with van der Waals surface area (Å²) in [4.78, 5) is 44.0. The highest BCUT2D eigenvalue weighted by Gasteiger charge is 2.39. The molecule has 0 atom stereocenters. The lowest BCUT2D eigenvalue weighted by Gasteiger charge is -2.12. The van der Waals surface area contributed by atoms with Crippen LogP contribution in [0.25, 0.3) is 0 Å². The number of amides is 2. The molecule has 2 aromatic rings. The van der Waals surface area contributed by atoms with E-state index in [0.717, 1.165) is 12.3 Å². The second-order valence-corrected chi connectivity index (χ2v) is 4.18. The predicted molar refractivity (Wildman–Crippen MR) is 66.6 cm³/mol. The number of halogens is 1. The first kappa shape index (κ1) is 12.9. The fraction of sp³-hybridized carbons (Fsp3) is 0. The van der Waals surface area contributed by atoms with Crippen molar-refractivity contribution in [2.45, 2.75) is 0 Å². The second-order valence-electron chi connectivity index (χ2n) is 4.18. The summed E-state index contributed by atoms with van der Waals surface area (Å²) in [5.74, 6) is -3.58. The van der Waals surface area contributed by atoms with Gasteiger partial charge in [0.2, 0.25) is 0 Å². The SMILES string of the molecule is O=C(ON1C(=O)c2ccccc2C1=O)c1ccncc1F. The third kappa shape index (κ3) is 2.04. The molecule has 1 aromatic heterocycles. The van der Waals surface area contributed by atoms with Crippen LogP contribution < -0.4 is 0 Å². The number of hydroxylamine groups is 2. The summed E-state index contributed by atoms with van der Waals surface area (Å²) in [6, 6.07) is 7.14. The molecule has 2 amide bonds. The normalized spacial score (nSPS) is 13.3. The van der Waals surface area contributed by atoms with Gasteiger partial charge in [0.1, 0.15) is 5.56 Å². The first-order valence-electron chi connectivity index (χ1n) is 5.89. The number of nitrogens with zero attached hydrogens (tertiary/aromatic N) is 2. The van der Waals surface area contributed by atoms with E-state index >= 15 is 0 Å². The average Bonchev–Trinajstić information content (AvgIpc) is 2.73. The van der Waals surface area contributed by atoms with Gasteiger partial charge in [-0.2, -0.15) is 0 Å². The molecule has 0 fully saturated rings. The van der Waals surface area contributed by atoms with Gasteiger partial charge in [0.15, 0.2) is 5.82 Å². The Morgan fingerprint density at radius 3 is 2.29 bits per heavy atom. The van der Waals surface area contributed by atoms with Gasteiger partial charge >= 0.3 is 5.97 Å². The van der Waals surface area contributed by atoms with Gasteiger partial charge in [0, 0.05) is 6.20 Å². The lowest BCUT2D eigenvalue weighted by molar-refractivity contribution is -0.0587. The first-order valence-corrected chi connectivity index (χ1v) is 5.89. The van der Waals surface area contributed by atoms with Crippen molar-refractivity contribution in [3.63, 3.8) is 0 Å². The van der Waals surface area contributed by atoms with Crippen molar-refractivity contribution in [1.82, 2.24) is 10.0 Å². The van der Waals surface area contributed by atoms with Crippen molar-refractivity contribution in [1.29, 1.82) is 0 Å². The van der Waals surface area contributed by atoms with Crippen LogP contribution in [-0.4, -0.2) is 27.8 Å². The zero-order chi connectivity index (χ0) is 15.0. The molecular formula is C14H7FN2O4. The Hall–Kier alpha value is -3.09. The van der Waals surface area contributed by atoms with Gasteiger partial charge in [-0.3, -0.25) is 14.6 Å². The number of hydrogen-bond acceptors (Lipinski definition) is 5. The van der Waals surface area contributed by atoms with Crippen LogP contribution in [0.15, 0.2) is 42.7 Å². The Balaban J connectivity index is 1.88. The fourth-order valence-electron chi connectivity index (χ4n) is 1.92. The van der Waals surface area contributed by atoms with E-state index in [1.165, 1.54) is 18.3 Å². The van der Waals surface area contributed by atoms with Crippen LogP contribution in [0.4, 0.5) is 4.39 Å². The smallest absolute Gasteiger partial charge is 0.324 e. The van der Waals surface area contributed by atoms with E-state index in [-0.39, 0.29) is 11.1 Å². The van der Waals surface area contributed by atoms with E-state index in [1.807, 2.05) is 0 Å². The Labute approximate surface area is 117 Å². The molecule has 1 aliphatic heterocycles. The topological polar surface area (TPSA) is 76.6 Å². The molecule has 0 saturated carbocycles. The van der Waals surface area contributed by atoms with Gasteiger partial charge in [-0.15, -0.1) is 0 Å². The standard InChI is InChI=1S/C14H7FN2O4/c15-11-7-16-6-5-10(11)14(20)21-17-12(18)8-3-1-2-4-9(8)13(17)19/h1-7H. The predicted octanol–water partition coefficient (Wildman–Crippen LogP) is 1.59. The van der Waals surface area contributed by atoms with Gasteiger partial charge in [0.25, 0.3) is 11.8 Å². The number of benzene rings is 1. The molecule has 1 aliphatic rings. The summed E-state index contributed by atoms with van der Waals surface area (Å²) in [5, 5.41) is 0.326. The zero-order valence-corrected chi connectivity index (χ0v) is 10.4. The molecule has 7 heteroatoms. The van der Waals surface area contributed by atoms with E-state index in [2.05, 4.69) is 4.98 Å². The summed E-state index contributed by atoms with van der Waals surface area (Å²) >= 11 is 0. The molecule has 0 unspecified atom stereocenters. The van der Waals surface area contributed by atoms with Crippen LogP contribution in [0.1, 0.15) is 31.1 Å². The molecule has 0 bridgehead atoms. The maximum Gasteiger partial charge on any atom is 0.367 e. The van der Waals surface area contributed by atoms with Gasteiger partial charge in [-0.05, 0) is 18.2 Å². The number of rotatable bonds is 2. The van der Waals surface area contributed by atoms with Crippen molar-refractivity contribution in [3.8, 4) is 0 Å². The molecule has 6 nitrogen and oxygen atoms in total. The summed E-state index contributed by atoms with van der Waals surface area (Å²) in [6.07, 6.45) is 2.03. The van der Waals surface area contributed by atoms with E-state index in [1.54, 1.807) is 12.1 Å². The van der Waals surface area contributed by atoms with Crippen molar-refractivity contribution in [2.75, 3.05) is 0 Å². The Bertz CT molecular complexity index is 740. The minimum absolute atomic E-state index is 0.130. The molecule has 2 heterocycles. The van der Waals surface area contributed by atoms with Crippen molar-refractivity contribution < 1.29 is 23.6 Å². The average molecular weight is 286 g/mol. The maximum absolute atomic E-state index is 13.4. The van der Waals surface area contributed by atoms with Crippen LogP contribution in [0, 0.1) is 5.82 Å². The maximum atomic E-state index is 13.4. The van der Waals surface area contributed by atoms with E-state index in [0.29, 0.717) is 5.06 Å². The third-order valence-corrected chi connectivity index (χ3v) is 2.92. The Morgan fingerprint density at radius 2 is 1.71 bits per heavy atom. The highest BCUT2D eigenvalue weighted by molar-refractivity contribution is 6.21. The number of carbonyl (C=O) groups excluding carboxylic acids is 3. The molecule has 3 rings (SSSR count). The number of fused-ring (bicyclic) bond motifs is 1. The van der Waals surface area contributed by atoms with Gasteiger partial charge in [0.05, 0.1) is 17.3 Å². The number of pyridine rings is 1. The highest BCUT2D eigenvalue weighted by Crippen LogP contribution is 2.23. The van der Waals surface area contributed by atoms with E-state index in [9.17, 15) is 18.8 Å². The summed E-state index contributed by atoms with van der Waals surface area (Å²) in [7, 11) is 0. The third-order valence-electron chi connectivity index (χ3n) is 2.92. The summed E-state index contributed by atoms with van der Waals surface area (Å²) in [5.41, 5.74) is -0.155.